The molecular weight excluding hydrogens is 651 g/mol. The van der Waals surface area contributed by atoms with Crippen LogP contribution in [0.5, 0.6) is 0 Å². The van der Waals surface area contributed by atoms with E-state index in [4.69, 9.17) is 0 Å². The number of anilines is 2. The van der Waals surface area contributed by atoms with E-state index in [9.17, 15) is 0 Å². The molecule has 0 aliphatic carbocycles. The first-order valence-electron chi connectivity index (χ1n) is 18.6. The largest absolute Gasteiger partial charge is 0.303 e. The summed E-state index contributed by atoms with van der Waals surface area (Å²) in [6, 6.07) is 70.8. The molecule has 1 heteroatoms. The molecule has 0 aromatic heterocycles. The van der Waals surface area contributed by atoms with Crippen molar-refractivity contribution in [2.75, 3.05) is 4.90 Å². The quantitative estimate of drug-likeness (QED) is 0.129. The minimum absolute atomic E-state index is 1.02. The molecule has 0 saturated heterocycles. The Kier molecular flexibility index (Phi) is 6.89. The number of rotatable bonds is 5. The fourth-order valence-electron chi connectivity index (χ4n) is 8.56. The molecule has 0 amide bonds. The first-order chi connectivity index (χ1) is 26.8. The zero-order valence-electron chi connectivity index (χ0n) is 29.5. The van der Waals surface area contributed by atoms with Crippen molar-refractivity contribution in [2.24, 2.45) is 0 Å². The molecule has 0 unspecified atom stereocenters. The Hall–Kier alpha value is -7.18. The molecule has 250 valence electrons. The Labute approximate surface area is 314 Å². The summed E-state index contributed by atoms with van der Waals surface area (Å²) in [5.74, 6) is 0. The summed E-state index contributed by atoms with van der Waals surface area (Å²) < 4.78 is 0. The van der Waals surface area contributed by atoms with E-state index in [1.807, 2.05) is 0 Å². The average Bonchev–Trinajstić information content (AvgIpc) is 3.25. The average molecular weight is 684 g/mol. The second kappa shape index (κ2) is 12.2. The zero-order chi connectivity index (χ0) is 35.6. The molecule has 0 radical (unpaired) electrons. The van der Waals surface area contributed by atoms with Crippen LogP contribution in [0.3, 0.4) is 0 Å². The monoisotopic (exact) mass is 683 g/mol. The number of hydrogen-bond acceptors (Lipinski definition) is 1. The van der Waals surface area contributed by atoms with E-state index in [2.05, 4.69) is 211 Å². The van der Waals surface area contributed by atoms with Crippen LogP contribution < -0.4 is 4.90 Å². The maximum atomic E-state index is 3.73. The van der Waals surface area contributed by atoms with Crippen LogP contribution in [-0.4, -0.2) is 0 Å². The molecule has 1 aliphatic heterocycles. The normalized spacial score (nSPS) is 12.5. The summed E-state index contributed by atoms with van der Waals surface area (Å²) in [6.45, 7) is 0. The van der Waals surface area contributed by atoms with Crippen LogP contribution in [0, 0.1) is 0 Å². The van der Waals surface area contributed by atoms with E-state index in [1.165, 1.54) is 76.5 Å². The topological polar surface area (TPSA) is 3.24 Å². The van der Waals surface area contributed by atoms with Gasteiger partial charge in [0.2, 0.25) is 0 Å². The van der Waals surface area contributed by atoms with Gasteiger partial charge in [-0.2, -0.15) is 0 Å². The first kappa shape index (κ1) is 30.4. The first-order valence-corrected chi connectivity index (χ1v) is 18.6. The van der Waals surface area contributed by atoms with Crippen LogP contribution in [0.25, 0.3) is 88.2 Å². The molecule has 0 bridgehead atoms. The van der Waals surface area contributed by atoms with E-state index in [0.29, 0.717) is 0 Å². The van der Waals surface area contributed by atoms with Crippen molar-refractivity contribution in [3.63, 3.8) is 0 Å². The molecule has 0 N–H and O–H groups in total. The van der Waals surface area contributed by atoms with Gasteiger partial charge in [0.15, 0.2) is 0 Å². The van der Waals surface area contributed by atoms with Gasteiger partial charge in [0.05, 0.1) is 11.4 Å². The predicted molar refractivity (Wildman–Crippen MR) is 230 cm³/mol. The SMILES string of the molecule is C1=Cc2cc(-c3ccccc3)ccc2N(c2ccc(-c3cccc4ccccc34)cc2)C=1c1ccc(-c2ccc3ccc4cccc5ccc2c3c45)cc1. The Bertz CT molecular complexity index is 3090. The Morgan fingerprint density at radius 1 is 0.352 bits per heavy atom. The van der Waals surface area contributed by atoms with E-state index >= 15 is 0 Å². The maximum absolute atomic E-state index is 3.73. The Balaban J connectivity index is 1.02. The van der Waals surface area contributed by atoms with E-state index in [-0.39, 0.29) is 0 Å². The van der Waals surface area contributed by atoms with Crippen LogP contribution in [0.15, 0.2) is 200 Å². The molecule has 11 rings (SSSR count). The van der Waals surface area contributed by atoms with Gasteiger partial charge in [-0.3, -0.25) is 0 Å². The minimum atomic E-state index is 1.02. The van der Waals surface area contributed by atoms with Crippen molar-refractivity contribution in [1.82, 2.24) is 0 Å². The van der Waals surface area contributed by atoms with Crippen LogP contribution in [-0.2, 0) is 0 Å². The molecule has 0 spiro atoms. The van der Waals surface area contributed by atoms with Crippen LogP contribution in [0.4, 0.5) is 11.4 Å². The van der Waals surface area contributed by atoms with Gasteiger partial charge in [-0.1, -0.05) is 176 Å². The standard InChI is InChI=1S/C53H33N/c1-2-8-35(9-3-1)43-26-32-51-44(34-43)27-33-50(54(51)45-28-22-38(23-29-45)47-15-7-11-36-10-4-5-14-46(36)47)39-18-16-37(17-19-39)48-30-24-42-21-20-40-12-6-13-41-25-31-49(48)53(42)52(40)41/h1-32,34H. The van der Waals surface area contributed by atoms with Gasteiger partial charge in [-0.25, -0.2) is 0 Å². The molecular formula is C53H33N. The summed E-state index contributed by atoms with van der Waals surface area (Å²) in [5, 5.41) is 10.3. The molecule has 1 heterocycles. The molecule has 1 nitrogen and oxygen atoms in total. The van der Waals surface area contributed by atoms with Gasteiger partial charge in [-0.15, -0.1) is 0 Å². The highest BCUT2D eigenvalue weighted by Crippen LogP contribution is 2.43. The molecule has 54 heavy (non-hydrogen) atoms. The second-order valence-electron chi connectivity index (χ2n) is 14.2. The maximum Gasteiger partial charge on any atom is 0.0964 e. The lowest BCUT2D eigenvalue weighted by atomic mass is 9.89. The third-order valence-electron chi connectivity index (χ3n) is 11.2. The van der Waals surface area contributed by atoms with Crippen LogP contribution in [0.1, 0.15) is 11.1 Å². The fourth-order valence-corrected chi connectivity index (χ4v) is 8.56. The van der Waals surface area contributed by atoms with Crippen molar-refractivity contribution in [1.29, 1.82) is 0 Å². The summed E-state index contributed by atoms with van der Waals surface area (Å²) in [7, 11) is 0. The van der Waals surface area contributed by atoms with Crippen LogP contribution in [0.2, 0.25) is 0 Å². The molecule has 1 aliphatic rings. The lowest BCUT2D eigenvalue weighted by molar-refractivity contribution is 1.28. The number of hydrogen-bond donors (Lipinski definition) is 0. The molecule has 10 aromatic carbocycles. The number of fused-ring (bicyclic) bond motifs is 2. The van der Waals surface area contributed by atoms with Gasteiger partial charge in [-0.05, 0) is 107 Å². The molecule has 0 fully saturated rings. The van der Waals surface area contributed by atoms with Gasteiger partial charge < -0.3 is 4.90 Å². The summed E-state index contributed by atoms with van der Waals surface area (Å²) in [6.07, 6.45) is 2.15. The lowest BCUT2D eigenvalue weighted by Gasteiger charge is -2.31. The zero-order valence-corrected chi connectivity index (χ0v) is 29.5. The molecule has 10 aromatic rings. The predicted octanol–water partition coefficient (Wildman–Crippen LogP) is 14.5. The summed E-state index contributed by atoms with van der Waals surface area (Å²) >= 11 is 0. The highest BCUT2D eigenvalue weighted by Gasteiger charge is 2.23. The van der Waals surface area contributed by atoms with Crippen molar-refractivity contribution < 1.29 is 0 Å². The second-order valence-corrected chi connectivity index (χ2v) is 14.2. The van der Waals surface area contributed by atoms with E-state index < -0.39 is 0 Å². The van der Waals surface area contributed by atoms with Crippen LogP contribution >= 0.6 is 0 Å². The van der Waals surface area contributed by atoms with Gasteiger partial charge in [0.25, 0.3) is 0 Å². The third-order valence-corrected chi connectivity index (χ3v) is 11.2. The highest BCUT2D eigenvalue weighted by atomic mass is 15.2. The minimum Gasteiger partial charge on any atom is -0.303 e. The number of nitrogens with zero attached hydrogens (tertiary/aromatic N) is 1. The van der Waals surface area contributed by atoms with Gasteiger partial charge in [0, 0.05) is 16.8 Å². The van der Waals surface area contributed by atoms with Gasteiger partial charge >= 0.3 is 0 Å². The smallest absolute Gasteiger partial charge is 0.0964 e. The summed E-state index contributed by atoms with van der Waals surface area (Å²) in [4.78, 5) is 2.36. The lowest BCUT2D eigenvalue weighted by Crippen LogP contribution is -2.17. The Morgan fingerprint density at radius 2 is 0.944 bits per heavy atom. The summed E-state index contributed by atoms with van der Waals surface area (Å²) in [5.41, 5.74) is 16.5. The fraction of sp³-hybridized carbons (Fsp3) is 0. The highest BCUT2D eigenvalue weighted by molar-refractivity contribution is 6.25. The third kappa shape index (κ3) is 4.88. The Morgan fingerprint density at radius 3 is 1.76 bits per heavy atom. The molecule has 0 atom stereocenters. The van der Waals surface area contributed by atoms with Gasteiger partial charge in [0.1, 0.15) is 0 Å². The number of benzene rings is 10. The molecule has 0 saturated carbocycles. The van der Waals surface area contributed by atoms with E-state index in [0.717, 1.165) is 28.2 Å². The van der Waals surface area contributed by atoms with E-state index in [1.54, 1.807) is 0 Å². The van der Waals surface area contributed by atoms with Crippen molar-refractivity contribution in [2.45, 2.75) is 0 Å². The van der Waals surface area contributed by atoms with Crippen molar-refractivity contribution in [3.8, 4) is 33.4 Å². The van der Waals surface area contributed by atoms with Crippen molar-refractivity contribution >= 4 is 66.2 Å². The van der Waals surface area contributed by atoms with Crippen molar-refractivity contribution in [3.05, 3.63) is 211 Å².